The standard InChI is InChI=1S/C57H91NO16/c1-36-16-12-11-13-17-37(2)48(72-29-28-71-27-26-70-25-24-59)34-44-21-19-42(7)57(69-10,74-44)54(64)55(65)58-23-15-14-18-45(58)56(66)73-49(39(4)32-43-20-22-46(60)50(33-43)67-8)35-47(61)38(3)31-41(6)52(63)53(68-9)51(62)40(5)30-36/h11-13,16-17,31,36,38-40,42-46,48-50,52-53,59-60,63H,14-15,18-30,32-35H2,1-10H3/b13-11+,16-12+,37-17+,41-31+/t36-,38-,39-,40-,42-,43+,44+,45+,46-,48?,49+,50-,52+,53+,57-/m1/s1. The van der Waals surface area contributed by atoms with Gasteiger partial charge in [-0.3, -0.25) is 19.2 Å². The molecule has 1 saturated carbocycles. The van der Waals surface area contributed by atoms with Crippen LogP contribution in [0.4, 0.5) is 0 Å². The van der Waals surface area contributed by atoms with Crippen molar-refractivity contribution in [2.75, 3.05) is 67.5 Å². The second kappa shape index (κ2) is 31.7. The Balaban J connectivity index is 1.71. The van der Waals surface area contributed by atoms with E-state index >= 15 is 0 Å². The van der Waals surface area contributed by atoms with E-state index in [4.69, 9.17) is 43.0 Å². The minimum atomic E-state index is -1.95. The van der Waals surface area contributed by atoms with Crippen molar-refractivity contribution in [1.29, 1.82) is 0 Å². The van der Waals surface area contributed by atoms with Crippen LogP contribution in [0.5, 0.6) is 0 Å². The number of methoxy groups -OCH3 is 3. The first kappa shape index (κ1) is 63.0. The number of piperidine rings is 1. The molecule has 74 heavy (non-hydrogen) atoms. The summed E-state index contributed by atoms with van der Waals surface area (Å²) in [5, 5.41) is 31.1. The maximum atomic E-state index is 14.8. The minimum absolute atomic E-state index is 0.00782. The van der Waals surface area contributed by atoms with Crippen LogP contribution in [0.2, 0.25) is 0 Å². The zero-order valence-corrected chi connectivity index (χ0v) is 46.1. The molecule has 3 fully saturated rings. The fourth-order valence-corrected chi connectivity index (χ4v) is 11.0. The molecule has 0 aromatic heterocycles. The Bertz CT molecular complexity index is 1920. The molecule has 3 aliphatic heterocycles. The predicted molar refractivity (Wildman–Crippen MR) is 278 cm³/mol. The summed E-state index contributed by atoms with van der Waals surface area (Å²) < 4.78 is 47.6. The first-order chi connectivity index (χ1) is 35.3. The Morgan fingerprint density at radius 3 is 2.22 bits per heavy atom. The van der Waals surface area contributed by atoms with Gasteiger partial charge in [0.25, 0.3) is 11.7 Å². The fraction of sp³-hybridized carbons (Fsp3) is 0.772. The van der Waals surface area contributed by atoms with Crippen LogP contribution in [-0.2, 0) is 61.9 Å². The molecule has 4 aliphatic rings. The Morgan fingerprint density at radius 2 is 1.53 bits per heavy atom. The lowest BCUT2D eigenvalue weighted by molar-refractivity contribution is -0.277. The number of ether oxygens (including phenoxy) is 8. The summed E-state index contributed by atoms with van der Waals surface area (Å²) in [6.07, 6.45) is 11.3. The molecule has 3 N–H and O–H groups in total. The number of carbonyl (C=O) groups excluding carboxylic acids is 5. The Morgan fingerprint density at radius 1 is 0.811 bits per heavy atom. The van der Waals surface area contributed by atoms with Crippen molar-refractivity contribution in [2.45, 2.75) is 180 Å². The third-order valence-corrected chi connectivity index (χ3v) is 15.6. The van der Waals surface area contributed by atoms with Crippen molar-refractivity contribution in [3.05, 3.63) is 47.6 Å². The van der Waals surface area contributed by atoms with Gasteiger partial charge in [0.1, 0.15) is 30.1 Å². The highest BCUT2D eigenvalue weighted by molar-refractivity contribution is 6.39. The molecular weight excluding hydrogens is 955 g/mol. The molecule has 0 radical (unpaired) electrons. The second-order valence-electron chi connectivity index (χ2n) is 21.3. The van der Waals surface area contributed by atoms with Crippen molar-refractivity contribution in [3.8, 4) is 0 Å². The van der Waals surface area contributed by atoms with E-state index in [-0.39, 0.29) is 81.2 Å². The van der Waals surface area contributed by atoms with E-state index in [1.165, 1.54) is 19.1 Å². The summed E-state index contributed by atoms with van der Waals surface area (Å²) in [6, 6.07) is -1.12. The molecular formula is C57H91NO16. The molecule has 1 unspecified atom stereocenters. The van der Waals surface area contributed by atoms with Crippen molar-refractivity contribution in [2.24, 2.45) is 35.5 Å². The first-order valence-electron chi connectivity index (χ1n) is 27.2. The van der Waals surface area contributed by atoms with E-state index in [0.717, 1.165) is 12.0 Å². The van der Waals surface area contributed by atoms with Gasteiger partial charge in [-0.1, -0.05) is 71.1 Å². The van der Waals surface area contributed by atoms with Crippen LogP contribution < -0.4 is 0 Å². The molecule has 2 saturated heterocycles. The molecule has 17 heteroatoms. The van der Waals surface area contributed by atoms with Gasteiger partial charge in [0.15, 0.2) is 5.78 Å². The first-order valence-corrected chi connectivity index (χ1v) is 27.2. The fourth-order valence-electron chi connectivity index (χ4n) is 11.0. The van der Waals surface area contributed by atoms with E-state index < -0.39 is 83.9 Å². The number of hydrogen-bond donors (Lipinski definition) is 3. The second-order valence-corrected chi connectivity index (χ2v) is 21.3. The van der Waals surface area contributed by atoms with Gasteiger partial charge < -0.3 is 58.1 Å². The maximum absolute atomic E-state index is 14.8. The van der Waals surface area contributed by atoms with Crippen LogP contribution in [-0.4, -0.2) is 172 Å². The summed E-state index contributed by atoms with van der Waals surface area (Å²) in [6.45, 7) is 14.3. The summed E-state index contributed by atoms with van der Waals surface area (Å²) in [5.74, 6) is -7.00. The van der Waals surface area contributed by atoms with Gasteiger partial charge in [-0.2, -0.15) is 0 Å². The van der Waals surface area contributed by atoms with Crippen LogP contribution in [0.1, 0.15) is 126 Å². The van der Waals surface area contributed by atoms with Gasteiger partial charge in [-0.05, 0) is 107 Å². The van der Waals surface area contributed by atoms with Crippen molar-refractivity contribution < 1.29 is 77.2 Å². The van der Waals surface area contributed by atoms with Crippen LogP contribution in [0.3, 0.4) is 0 Å². The zero-order valence-electron chi connectivity index (χ0n) is 46.1. The number of Topliss-reactive ketones (excluding diaryl/α,β-unsaturated/α-hetero) is 3. The van der Waals surface area contributed by atoms with Crippen molar-refractivity contribution in [3.63, 3.8) is 0 Å². The Hall–Kier alpha value is -3.49. The van der Waals surface area contributed by atoms with Gasteiger partial charge in [-0.15, -0.1) is 0 Å². The van der Waals surface area contributed by atoms with E-state index in [0.29, 0.717) is 76.6 Å². The third-order valence-electron chi connectivity index (χ3n) is 15.6. The maximum Gasteiger partial charge on any atom is 0.329 e. The highest BCUT2D eigenvalue weighted by atomic mass is 16.7. The topological polar surface area (TPSA) is 223 Å². The number of aliphatic hydroxyl groups excluding tert-OH is 3. The van der Waals surface area contributed by atoms with Crippen LogP contribution in [0.25, 0.3) is 0 Å². The summed E-state index contributed by atoms with van der Waals surface area (Å²) in [5.41, 5.74) is 1.25. The Kier molecular flexibility index (Phi) is 27.0. The number of amides is 1. The number of hydrogen-bond acceptors (Lipinski definition) is 16. The average molecular weight is 1050 g/mol. The number of nitrogens with zero attached hydrogens (tertiary/aromatic N) is 1. The van der Waals surface area contributed by atoms with Crippen LogP contribution in [0.15, 0.2) is 47.6 Å². The molecule has 2 bridgehead atoms. The van der Waals surface area contributed by atoms with E-state index in [2.05, 4.69) is 0 Å². The van der Waals surface area contributed by atoms with E-state index in [9.17, 15) is 34.2 Å². The molecule has 15 atom stereocenters. The van der Waals surface area contributed by atoms with Crippen LogP contribution in [0, 0.1) is 35.5 Å². The largest absolute Gasteiger partial charge is 0.460 e. The van der Waals surface area contributed by atoms with E-state index in [1.54, 1.807) is 27.0 Å². The number of cyclic esters (lactones) is 1. The van der Waals surface area contributed by atoms with Gasteiger partial charge >= 0.3 is 5.97 Å². The SMILES string of the molecule is CO[C@@H]1C[C@H](C[C@@H](C)[C@@H]2CC(=O)[C@H](C)/C=C(\C)[C@H](O)[C@@H](OC)C(=O)[C@H](C)C[C@H](C)/C=C/C=C/C=C(\C)C(OCCOCCOCCO)C[C@@H]3CC[C@@H](C)[C@@](OC)(O3)C(=O)C(=O)N3CCCC[C@H]3C(=O)O2)CC[C@H]1O. The average Bonchev–Trinajstić information content (AvgIpc) is 3.38. The van der Waals surface area contributed by atoms with Crippen molar-refractivity contribution in [1.82, 2.24) is 4.90 Å². The number of rotatable bonds is 15. The van der Waals surface area contributed by atoms with Gasteiger partial charge in [0, 0.05) is 58.5 Å². The number of aliphatic hydroxyl groups is 3. The molecule has 0 spiro atoms. The lowest BCUT2D eigenvalue weighted by Crippen LogP contribution is -2.61. The Labute approximate surface area is 440 Å². The van der Waals surface area contributed by atoms with Gasteiger partial charge in [0.2, 0.25) is 5.79 Å². The molecule has 420 valence electrons. The number of fused-ring (bicyclic) bond motifs is 3. The number of allylic oxidation sites excluding steroid dienone is 6. The minimum Gasteiger partial charge on any atom is -0.460 e. The van der Waals surface area contributed by atoms with Crippen molar-refractivity contribution >= 4 is 29.2 Å². The number of esters is 1. The highest BCUT2D eigenvalue weighted by Crippen LogP contribution is 2.39. The third kappa shape index (κ3) is 18.1. The lowest BCUT2D eigenvalue weighted by atomic mass is 9.78. The summed E-state index contributed by atoms with van der Waals surface area (Å²) in [7, 11) is 4.31. The normalized spacial score (nSPS) is 37.0. The molecule has 0 aromatic carbocycles. The highest BCUT2D eigenvalue weighted by Gasteiger charge is 2.55. The molecule has 1 aliphatic carbocycles. The van der Waals surface area contributed by atoms with E-state index in [1.807, 2.05) is 65.0 Å². The smallest absolute Gasteiger partial charge is 0.329 e. The van der Waals surface area contributed by atoms with Gasteiger partial charge in [0.05, 0.1) is 64.1 Å². The molecule has 1 amide bonds. The monoisotopic (exact) mass is 1050 g/mol. The molecule has 3 heterocycles. The quantitative estimate of drug-likeness (QED) is 0.0716. The molecule has 4 rings (SSSR count). The lowest BCUT2D eigenvalue weighted by Gasteiger charge is -2.45. The number of carbonyl (C=O) groups is 5. The molecule has 0 aromatic rings. The molecule has 17 nitrogen and oxygen atoms in total. The van der Waals surface area contributed by atoms with Gasteiger partial charge in [-0.25, -0.2) is 4.79 Å². The predicted octanol–water partition coefficient (Wildman–Crippen LogP) is 6.23. The number of ketones is 3. The zero-order chi connectivity index (χ0) is 54.5. The van der Waals surface area contributed by atoms with Crippen LogP contribution >= 0.6 is 0 Å². The summed E-state index contributed by atoms with van der Waals surface area (Å²) >= 11 is 0. The summed E-state index contributed by atoms with van der Waals surface area (Å²) in [4.78, 5) is 73.4.